The molecule has 0 saturated carbocycles. The van der Waals surface area contributed by atoms with Crippen molar-refractivity contribution in [2.24, 2.45) is 11.8 Å². The van der Waals surface area contributed by atoms with Crippen molar-refractivity contribution in [1.82, 2.24) is 0 Å². The molecule has 0 saturated heterocycles. The molecular weight excluding hydrogens is 260 g/mol. The number of halogens is 1. The average Bonchev–Trinajstić information content (AvgIpc) is 2.46. The lowest BCUT2D eigenvalue weighted by Crippen LogP contribution is -2.24. The largest absolute Gasteiger partial charge is 0.393 e. The van der Waals surface area contributed by atoms with E-state index in [1.165, 1.54) is 9.35 Å². The van der Waals surface area contributed by atoms with Crippen LogP contribution in [0.4, 0.5) is 0 Å². The van der Waals surface area contributed by atoms with E-state index < -0.39 is 0 Å². The highest BCUT2D eigenvalue weighted by molar-refractivity contribution is 9.10. The Kier molecular flexibility index (Phi) is 4.61. The highest BCUT2D eigenvalue weighted by Gasteiger charge is 2.20. The van der Waals surface area contributed by atoms with Gasteiger partial charge < -0.3 is 5.11 Å². The van der Waals surface area contributed by atoms with Crippen LogP contribution in [-0.4, -0.2) is 11.2 Å². The summed E-state index contributed by atoms with van der Waals surface area (Å²) in [5.41, 5.74) is 0. The Morgan fingerprint density at radius 2 is 2.07 bits per heavy atom. The van der Waals surface area contributed by atoms with Crippen LogP contribution in [0.5, 0.6) is 0 Å². The predicted octanol–water partition coefficient (Wildman–Crippen LogP) is 3.71. The molecule has 2 unspecified atom stereocenters. The normalized spacial score (nSPS) is 15.9. The molecule has 0 aliphatic carbocycles. The summed E-state index contributed by atoms with van der Waals surface area (Å²) in [4.78, 5) is 1.34. The molecule has 14 heavy (non-hydrogen) atoms. The van der Waals surface area contributed by atoms with Crippen molar-refractivity contribution in [3.63, 3.8) is 0 Å². The van der Waals surface area contributed by atoms with E-state index in [1.54, 1.807) is 11.3 Å². The third kappa shape index (κ3) is 3.07. The predicted molar refractivity (Wildman–Crippen MR) is 65.7 cm³/mol. The van der Waals surface area contributed by atoms with Gasteiger partial charge in [0.1, 0.15) is 0 Å². The summed E-state index contributed by atoms with van der Waals surface area (Å²) in [7, 11) is 0. The highest BCUT2D eigenvalue weighted by Crippen LogP contribution is 2.29. The third-order valence-corrected chi connectivity index (χ3v) is 4.54. The quantitative estimate of drug-likeness (QED) is 0.889. The molecule has 80 valence electrons. The summed E-state index contributed by atoms with van der Waals surface area (Å²) in [5.74, 6) is 0.869. The van der Waals surface area contributed by atoms with Gasteiger partial charge in [-0.25, -0.2) is 0 Å². The first-order valence-corrected chi connectivity index (χ1v) is 6.59. The van der Waals surface area contributed by atoms with E-state index in [0.29, 0.717) is 11.8 Å². The Labute approximate surface area is 98.3 Å². The lowest BCUT2D eigenvalue weighted by atomic mass is 9.87. The zero-order valence-electron chi connectivity index (χ0n) is 8.83. The van der Waals surface area contributed by atoms with E-state index >= 15 is 0 Å². The Bertz CT molecular complexity index is 273. The van der Waals surface area contributed by atoms with Crippen LogP contribution in [0.2, 0.25) is 0 Å². The second-order valence-corrected chi connectivity index (χ2v) is 5.90. The van der Waals surface area contributed by atoms with Crippen LogP contribution in [-0.2, 0) is 6.42 Å². The van der Waals surface area contributed by atoms with Crippen molar-refractivity contribution >= 4 is 27.3 Å². The first-order chi connectivity index (χ1) is 6.52. The van der Waals surface area contributed by atoms with Crippen molar-refractivity contribution < 1.29 is 5.11 Å². The van der Waals surface area contributed by atoms with E-state index in [4.69, 9.17) is 0 Å². The molecule has 0 fully saturated rings. The summed E-state index contributed by atoms with van der Waals surface area (Å²) < 4.78 is 1.17. The fourth-order valence-electron chi connectivity index (χ4n) is 1.65. The van der Waals surface area contributed by atoms with Crippen LogP contribution < -0.4 is 0 Å². The molecule has 1 aromatic heterocycles. The maximum absolute atomic E-state index is 9.66. The molecule has 1 heterocycles. The van der Waals surface area contributed by atoms with Crippen molar-refractivity contribution in [2.75, 3.05) is 0 Å². The molecule has 1 aromatic rings. The first-order valence-electron chi connectivity index (χ1n) is 4.92. The van der Waals surface area contributed by atoms with Crippen LogP contribution in [0.25, 0.3) is 0 Å². The summed E-state index contributed by atoms with van der Waals surface area (Å²) in [6, 6.07) is 2.07. The molecule has 1 N–H and O–H groups in total. The topological polar surface area (TPSA) is 20.2 Å². The Morgan fingerprint density at radius 3 is 2.43 bits per heavy atom. The lowest BCUT2D eigenvalue weighted by molar-refractivity contribution is 0.0981. The zero-order chi connectivity index (χ0) is 10.7. The van der Waals surface area contributed by atoms with Crippen LogP contribution in [0.1, 0.15) is 25.6 Å². The zero-order valence-corrected chi connectivity index (χ0v) is 11.2. The van der Waals surface area contributed by atoms with Crippen LogP contribution in [0.15, 0.2) is 15.9 Å². The minimum absolute atomic E-state index is 0.232. The van der Waals surface area contributed by atoms with Gasteiger partial charge in [0.05, 0.1) is 6.10 Å². The van der Waals surface area contributed by atoms with Gasteiger partial charge in [0.15, 0.2) is 0 Å². The summed E-state index contributed by atoms with van der Waals surface area (Å²) in [6.45, 7) is 6.21. The standard InChI is InChI=1S/C11H17BrOS/c1-7(2)9(8(3)13)6-11-10(12)4-5-14-11/h4-5,7-9,13H,6H2,1-3H3. The monoisotopic (exact) mass is 276 g/mol. The smallest absolute Gasteiger partial charge is 0.0546 e. The highest BCUT2D eigenvalue weighted by atomic mass is 79.9. The van der Waals surface area contributed by atoms with Crippen molar-refractivity contribution in [1.29, 1.82) is 0 Å². The number of rotatable bonds is 4. The summed E-state index contributed by atoms with van der Waals surface area (Å²) in [5, 5.41) is 11.7. The lowest BCUT2D eigenvalue weighted by Gasteiger charge is -2.23. The second kappa shape index (κ2) is 5.29. The SMILES string of the molecule is CC(C)C(Cc1sccc1Br)C(C)O. The maximum Gasteiger partial charge on any atom is 0.0546 e. The van der Waals surface area contributed by atoms with Crippen molar-refractivity contribution in [2.45, 2.75) is 33.3 Å². The average molecular weight is 277 g/mol. The minimum Gasteiger partial charge on any atom is -0.393 e. The fourth-order valence-corrected chi connectivity index (χ4v) is 3.24. The Morgan fingerprint density at radius 1 is 1.43 bits per heavy atom. The number of aliphatic hydroxyl groups is 1. The molecule has 0 bridgehead atoms. The fraction of sp³-hybridized carbons (Fsp3) is 0.636. The number of thiophene rings is 1. The Hall–Kier alpha value is 0.140. The number of hydrogen-bond acceptors (Lipinski definition) is 2. The maximum atomic E-state index is 9.66. The number of hydrogen-bond donors (Lipinski definition) is 1. The molecular formula is C11H17BrOS. The van der Waals surface area contributed by atoms with Crippen molar-refractivity contribution in [3.8, 4) is 0 Å². The minimum atomic E-state index is -0.232. The molecule has 1 nitrogen and oxygen atoms in total. The van der Waals surface area contributed by atoms with Gasteiger partial charge in [-0.1, -0.05) is 13.8 Å². The van der Waals surface area contributed by atoms with Crippen LogP contribution >= 0.6 is 27.3 Å². The molecule has 0 aromatic carbocycles. The summed E-state index contributed by atoms with van der Waals surface area (Å²) >= 11 is 5.28. The van der Waals surface area contributed by atoms with Gasteiger partial charge in [0.2, 0.25) is 0 Å². The van der Waals surface area contributed by atoms with Gasteiger partial charge in [0, 0.05) is 9.35 Å². The molecule has 1 rings (SSSR count). The van der Waals surface area contributed by atoms with Gasteiger partial charge in [-0.15, -0.1) is 11.3 Å². The van der Waals surface area contributed by atoms with Crippen LogP contribution in [0.3, 0.4) is 0 Å². The first kappa shape index (κ1) is 12.2. The van der Waals surface area contributed by atoms with Gasteiger partial charge in [-0.3, -0.25) is 0 Å². The molecule has 0 radical (unpaired) electrons. The van der Waals surface area contributed by atoms with E-state index in [0.717, 1.165) is 6.42 Å². The second-order valence-electron chi connectivity index (χ2n) is 4.04. The van der Waals surface area contributed by atoms with E-state index in [9.17, 15) is 5.11 Å². The molecule has 3 heteroatoms. The molecule has 2 atom stereocenters. The molecule has 0 spiro atoms. The van der Waals surface area contributed by atoms with E-state index in [2.05, 4.69) is 41.2 Å². The Balaban J connectivity index is 2.70. The van der Waals surface area contributed by atoms with Gasteiger partial charge in [-0.2, -0.15) is 0 Å². The van der Waals surface area contributed by atoms with Gasteiger partial charge in [-0.05, 0) is 52.6 Å². The number of aliphatic hydroxyl groups excluding tert-OH is 1. The summed E-state index contributed by atoms with van der Waals surface area (Å²) in [6.07, 6.45) is 0.733. The van der Waals surface area contributed by atoms with E-state index in [1.807, 2.05) is 6.92 Å². The van der Waals surface area contributed by atoms with Crippen LogP contribution in [0, 0.1) is 11.8 Å². The molecule has 0 aliphatic rings. The third-order valence-electron chi connectivity index (χ3n) is 2.59. The van der Waals surface area contributed by atoms with Crippen molar-refractivity contribution in [3.05, 3.63) is 20.8 Å². The van der Waals surface area contributed by atoms with Gasteiger partial charge >= 0.3 is 0 Å². The van der Waals surface area contributed by atoms with Gasteiger partial charge in [0.25, 0.3) is 0 Å². The van der Waals surface area contributed by atoms with E-state index in [-0.39, 0.29) is 6.10 Å². The molecule has 0 aliphatic heterocycles. The molecule has 0 amide bonds.